The monoisotopic (exact) mass is 532 g/mol. The van der Waals surface area contributed by atoms with Crippen LogP contribution in [0.1, 0.15) is 11.1 Å². The van der Waals surface area contributed by atoms with E-state index in [2.05, 4.69) is 0 Å². The Hall–Kier alpha value is -3.35. The molecule has 2 heterocycles. The Balaban J connectivity index is 1.49. The summed E-state index contributed by atoms with van der Waals surface area (Å²) in [7, 11) is -2.73. The van der Waals surface area contributed by atoms with Gasteiger partial charge in [0.15, 0.2) is 11.5 Å². The number of aryl methyl sites for hydroxylation is 1. The number of amides is 3. The van der Waals surface area contributed by atoms with E-state index in [1.807, 2.05) is 6.92 Å². The highest BCUT2D eigenvalue weighted by Crippen LogP contribution is 2.35. The molecule has 0 atom stereocenters. The molecule has 36 heavy (non-hydrogen) atoms. The van der Waals surface area contributed by atoms with E-state index in [0.717, 1.165) is 22.2 Å². The maximum atomic E-state index is 12.8. The van der Waals surface area contributed by atoms with Crippen LogP contribution in [0.5, 0.6) is 11.5 Å². The number of nitrogens with zero attached hydrogens (tertiary/aromatic N) is 2. The Labute approximate surface area is 212 Å². The summed E-state index contributed by atoms with van der Waals surface area (Å²) in [5, 5.41) is -0.538. The van der Waals surface area contributed by atoms with E-state index in [1.165, 1.54) is 43.5 Å². The van der Waals surface area contributed by atoms with Gasteiger partial charge in [0.05, 0.1) is 25.2 Å². The minimum atomic E-state index is -4.09. The summed E-state index contributed by atoms with van der Waals surface area (Å²) in [6.07, 6.45) is 1.48. The highest BCUT2D eigenvalue weighted by atomic mass is 32.2. The number of methoxy groups -OCH3 is 1. The number of ether oxygens (including phenoxy) is 2. The Morgan fingerprint density at radius 3 is 2.44 bits per heavy atom. The lowest BCUT2D eigenvalue weighted by atomic mass is 10.2. The first-order valence-electron chi connectivity index (χ1n) is 11.0. The first-order valence-corrected chi connectivity index (χ1v) is 13.2. The smallest absolute Gasteiger partial charge is 0.339 e. The molecule has 4 rings (SSSR count). The van der Waals surface area contributed by atoms with Crippen molar-refractivity contribution in [3.63, 3.8) is 0 Å². The zero-order valence-corrected chi connectivity index (χ0v) is 21.3. The molecule has 0 unspecified atom stereocenters. The topological polar surface area (TPSA) is 120 Å². The third-order valence-electron chi connectivity index (χ3n) is 5.53. The molecule has 12 heteroatoms. The van der Waals surface area contributed by atoms with E-state index in [4.69, 9.17) is 13.7 Å². The van der Waals surface area contributed by atoms with E-state index in [9.17, 15) is 22.8 Å². The van der Waals surface area contributed by atoms with E-state index in [-0.39, 0.29) is 33.8 Å². The quantitative estimate of drug-likeness (QED) is 0.392. The van der Waals surface area contributed by atoms with Gasteiger partial charge in [0, 0.05) is 13.1 Å². The maximum absolute atomic E-state index is 12.8. The van der Waals surface area contributed by atoms with Gasteiger partial charge in [-0.05, 0) is 54.6 Å². The Bertz CT molecular complexity index is 1320. The Kier molecular flexibility index (Phi) is 7.67. The van der Waals surface area contributed by atoms with Crippen molar-refractivity contribution in [2.24, 2.45) is 0 Å². The van der Waals surface area contributed by atoms with Gasteiger partial charge in [-0.1, -0.05) is 23.8 Å². The average Bonchev–Trinajstić information content (AvgIpc) is 3.12. The minimum absolute atomic E-state index is 0.000435. The third-order valence-corrected chi connectivity index (χ3v) is 7.68. The lowest BCUT2D eigenvalue weighted by Crippen LogP contribution is -2.46. The van der Waals surface area contributed by atoms with Crippen LogP contribution in [-0.4, -0.2) is 75.2 Å². The van der Waals surface area contributed by atoms with Crippen molar-refractivity contribution in [3.05, 3.63) is 58.5 Å². The molecule has 2 aliphatic rings. The molecule has 0 aliphatic carbocycles. The Morgan fingerprint density at radius 1 is 1.08 bits per heavy atom. The summed E-state index contributed by atoms with van der Waals surface area (Å²) in [6, 6.07) is 10.7. The van der Waals surface area contributed by atoms with Gasteiger partial charge in [0.25, 0.3) is 11.1 Å². The minimum Gasteiger partial charge on any atom is -0.493 e. The van der Waals surface area contributed by atoms with Gasteiger partial charge < -0.3 is 18.6 Å². The molecule has 0 spiro atoms. The van der Waals surface area contributed by atoms with Crippen molar-refractivity contribution in [3.8, 4) is 11.5 Å². The number of imide groups is 1. The molecule has 0 saturated carbocycles. The average molecular weight is 533 g/mol. The standard InChI is InChI=1S/C24H24N2O8S2/c1-16-3-6-18(7-4-16)36(30,31)34-19-8-5-17(13-20(19)32-2)14-21-23(28)26(24(29)35-21)15-22(27)25-9-11-33-12-10-25/h3-8,13-14H,9-12,15H2,1-2H3/b21-14-. The molecule has 0 bridgehead atoms. The molecule has 10 nitrogen and oxygen atoms in total. The van der Waals surface area contributed by atoms with Crippen LogP contribution >= 0.6 is 11.8 Å². The molecule has 0 aromatic heterocycles. The molecule has 2 aliphatic heterocycles. The summed E-state index contributed by atoms with van der Waals surface area (Å²) >= 11 is 0.726. The lowest BCUT2D eigenvalue weighted by Gasteiger charge is -2.28. The van der Waals surface area contributed by atoms with Gasteiger partial charge in [-0.2, -0.15) is 8.42 Å². The lowest BCUT2D eigenvalue weighted by molar-refractivity contribution is -0.139. The van der Waals surface area contributed by atoms with Gasteiger partial charge in [-0.3, -0.25) is 19.3 Å². The number of thioether (sulfide) groups is 1. The first-order chi connectivity index (χ1) is 17.2. The van der Waals surface area contributed by atoms with Crippen LogP contribution in [0.4, 0.5) is 4.79 Å². The molecule has 2 aromatic rings. The highest BCUT2D eigenvalue weighted by molar-refractivity contribution is 8.18. The van der Waals surface area contributed by atoms with E-state index < -0.39 is 21.3 Å². The molecule has 2 fully saturated rings. The normalized spacial score (nSPS) is 17.6. The first kappa shape index (κ1) is 25.7. The SMILES string of the molecule is COc1cc(/C=C2\SC(=O)N(CC(=O)N3CCOCC3)C2=O)ccc1OS(=O)(=O)c1ccc(C)cc1. The molecule has 190 valence electrons. The van der Waals surface area contributed by atoms with Crippen molar-refractivity contribution in [1.29, 1.82) is 0 Å². The van der Waals surface area contributed by atoms with Crippen LogP contribution in [0.25, 0.3) is 6.08 Å². The van der Waals surface area contributed by atoms with Gasteiger partial charge in [-0.25, -0.2) is 0 Å². The number of carbonyl (C=O) groups excluding carboxylic acids is 3. The number of hydrogen-bond donors (Lipinski definition) is 0. The predicted octanol–water partition coefficient (Wildman–Crippen LogP) is 2.67. The summed E-state index contributed by atoms with van der Waals surface area (Å²) in [6.45, 7) is 3.17. The second kappa shape index (κ2) is 10.7. The number of carbonyl (C=O) groups is 3. The van der Waals surface area contributed by atoms with Crippen LogP contribution in [0.15, 0.2) is 52.3 Å². The molecule has 0 radical (unpaired) electrons. The van der Waals surface area contributed by atoms with E-state index in [1.54, 1.807) is 17.0 Å². The fourth-order valence-electron chi connectivity index (χ4n) is 3.55. The second-order valence-corrected chi connectivity index (χ2v) is 10.6. The number of morpholine rings is 1. The summed E-state index contributed by atoms with van der Waals surface area (Å²) < 4.78 is 41.1. The Morgan fingerprint density at radius 2 is 1.78 bits per heavy atom. The summed E-state index contributed by atoms with van der Waals surface area (Å²) in [5.74, 6) is -0.798. The van der Waals surface area contributed by atoms with E-state index in [0.29, 0.717) is 31.9 Å². The molecule has 2 saturated heterocycles. The zero-order valence-electron chi connectivity index (χ0n) is 19.6. The predicted molar refractivity (Wildman–Crippen MR) is 132 cm³/mol. The largest absolute Gasteiger partial charge is 0.493 e. The van der Waals surface area contributed by atoms with Gasteiger partial charge in [-0.15, -0.1) is 0 Å². The molecular weight excluding hydrogens is 508 g/mol. The van der Waals surface area contributed by atoms with E-state index >= 15 is 0 Å². The molecule has 3 amide bonds. The third kappa shape index (κ3) is 5.72. The zero-order chi connectivity index (χ0) is 25.9. The van der Waals surface area contributed by atoms with Crippen molar-refractivity contribution in [2.45, 2.75) is 11.8 Å². The second-order valence-electron chi connectivity index (χ2n) is 8.02. The molecule has 0 N–H and O–H groups in total. The van der Waals surface area contributed by atoms with Crippen molar-refractivity contribution in [1.82, 2.24) is 9.80 Å². The molecular formula is C24H24N2O8S2. The van der Waals surface area contributed by atoms with Crippen LogP contribution < -0.4 is 8.92 Å². The number of rotatable bonds is 7. The van der Waals surface area contributed by atoms with Crippen LogP contribution in [0.2, 0.25) is 0 Å². The van der Waals surface area contributed by atoms with Crippen LogP contribution in [-0.2, 0) is 24.4 Å². The fraction of sp³-hybridized carbons (Fsp3) is 0.292. The summed E-state index contributed by atoms with van der Waals surface area (Å²) in [5.41, 5.74) is 1.39. The van der Waals surface area contributed by atoms with Crippen LogP contribution in [0.3, 0.4) is 0 Å². The van der Waals surface area contributed by atoms with Gasteiger partial charge >= 0.3 is 10.1 Å². The summed E-state index contributed by atoms with van der Waals surface area (Å²) in [4.78, 5) is 40.3. The van der Waals surface area contributed by atoms with Crippen molar-refractivity contribution >= 4 is 45.0 Å². The van der Waals surface area contributed by atoms with Crippen LogP contribution in [0, 0.1) is 6.92 Å². The fourth-order valence-corrected chi connectivity index (χ4v) is 5.33. The number of hydrogen-bond acceptors (Lipinski definition) is 9. The maximum Gasteiger partial charge on any atom is 0.339 e. The highest BCUT2D eigenvalue weighted by Gasteiger charge is 2.37. The molecule has 2 aromatic carbocycles. The van der Waals surface area contributed by atoms with Crippen molar-refractivity contribution < 1.29 is 36.5 Å². The number of benzene rings is 2. The van der Waals surface area contributed by atoms with Gasteiger partial charge in [0.2, 0.25) is 5.91 Å². The van der Waals surface area contributed by atoms with Gasteiger partial charge in [0.1, 0.15) is 11.4 Å². The van der Waals surface area contributed by atoms with Crippen molar-refractivity contribution in [2.75, 3.05) is 40.0 Å².